The van der Waals surface area contributed by atoms with Crippen molar-refractivity contribution in [3.05, 3.63) is 41.6 Å². The topological polar surface area (TPSA) is 107 Å². The van der Waals surface area contributed by atoms with Crippen LogP contribution in [0.4, 0.5) is 5.82 Å². The van der Waals surface area contributed by atoms with E-state index < -0.39 is 0 Å². The lowest BCUT2D eigenvalue weighted by atomic mass is 10.1. The molecule has 0 aliphatic rings. The van der Waals surface area contributed by atoms with Gasteiger partial charge in [-0.2, -0.15) is 10.4 Å². The van der Waals surface area contributed by atoms with Crippen LogP contribution >= 0.6 is 0 Å². The first-order chi connectivity index (χ1) is 15.4. The second-order valence-corrected chi connectivity index (χ2v) is 8.37. The van der Waals surface area contributed by atoms with Gasteiger partial charge in [-0.25, -0.2) is 4.68 Å². The monoisotopic (exact) mass is 438 g/mol. The molecule has 0 aliphatic carbocycles. The Labute approximate surface area is 192 Å². The Morgan fingerprint density at radius 3 is 2.31 bits per heavy atom. The molecule has 4 N–H and O–H groups in total. The summed E-state index contributed by atoms with van der Waals surface area (Å²) in [6, 6.07) is 12.9. The van der Waals surface area contributed by atoms with Crippen molar-refractivity contribution in [1.82, 2.24) is 25.3 Å². The minimum absolute atomic E-state index is 0.385. The molecule has 1 aromatic carbocycles. The van der Waals surface area contributed by atoms with Gasteiger partial charge in [-0.1, -0.05) is 18.2 Å². The molecule has 0 radical (unpaired) electrons. The summed E-state index contributed by atoms with van der Waals surface area (Å²) in [5.74, 6) is 1.18. The van der Waals surface area contributed by atoms with Crippen LogP contribution in [0.2, 0.25) is 0 Å². The summed E-state index contributed by atoms with van der Waals surface area (Å²) in [4.78, 5) is 6.79. The van der Waals surface area contributed by atoms with Gasteiger partial charge < -0.3 is 16.4 Å². The van der Waals surface area contributed by atoms with Gasteiger partial charge in [0.25, 0.3) is 0 Å². The summed E-state index contributed by atoms with van der Waals surface area (Å²) in [7, 11) is 1.78. The molecular weight excluding hydrogens is 400 g/mol. The highest BCUT2D eigenvalue weighted by molar-refractivity contribution is 5.79. The van der Waals surface area contributed by atoms with Crippen LogP contribution in [-0.4, -0.2) is 59.4 Å². The molecule has 0 bridgehead atoms. The van der Waals surface area contributed by atoms with E-state index in [0.717, 1.165) is 49.8 Å². The van der Waals surface area contributed by atoms with Gasteiger partial charge in [-0.3, -0.25) is 9.89 Å². The van der Waals surface area contributed by atoms with E-state index in [1.54, 1.807) is 11.7 Å². The Balaban J connectivity index is 1.80. The fourth-order valence-electron chi connectivity index (χ4n) is 3.81. The van der Waals surface area contributed by atoms with Crippen LogP contribution in [0.15, 0.2) is 35.3 Å². The number of aliphatic imine (C=N–C) groups is 1. The number of anilines is 1. The number of nitriles is 1. The zero-order valence-corrected chi connectivity index (χ0v) is 20.1. The molecule has 32 heavy (non-hydrogen) atoms. The van der Waals surface area contributed by atoms with E-state index in [9.17, 15) is 5.26 Å². The maximum absolute atomic E-state index is 9.54. The van der Waals surface area contributed by atoms with Gasteiger partial charge >= 0.3 is 0 Å². The van der Waals surface area contributed by atoms with Gasteiger partial charge in [-0.05, 0) is 59.1 Å². The first kappa shape index (κ1) is 25.2. The van der Waals surface area contributed by atoms with E-state index in [-0.39, 0.29) is 0 Å². The highest BCUT2D eigenvalue weighted by Crippen LogP contribution is 2.21. The Morgan fingerprint density at radius 1 is 1.12 bits per heavy atom. The minimum atomic E-state index is 0.385. The standard InChI is InChI=1S/C24H38N8/c1-18(2)31(19(3)4)16-10-15-29-24(27-5)28-14-9-13-22-21(17-25)23(26)32(30-22)20-11-7-6-8-12-20/h6-8,11-12,18-19H,9-10,13-16,26H2,1-5H3,(H2,27,28,29). The highest BCUT2D eigenvalue weighted by Gasteiger charge is 2.16. The molecule has 0 saturated carbocycles. The summed E-state index contributed by atoms with van der Waals surface area (Å²) in [5, 5.41) is 20.8. The summed E-state index contributed by atoms with van der Waals surface area (Å²) in [5.41, 5.74) is 8.21. The van der Waals surface area contributed by atoms with Gasteiger partial charge in [0.15, 0.2) is 5.96 Å². The Bertz CT molecular complexity index is 885. The molecule has 2 rings (SSSR count). The SMILES string of the molecule is CN=C(NCCCc1nn(-c2ccccc2)c(N)c1C#N)NCCCN(C(C)C)C(C)C. The number of rotatable bonds is 11. The lowest BCUT2D eigenvalue weighted by molar-refractivity contribution is 0.173. The number of hydrogen-bond acceptors (Lipinski definition) is 5. The van der Waals surface area contributed by atoms with Crippen molar-refractivity contribution in [2.75, 3.05) is 32.4 Å². The first-order valence-electron chi connectivity index (χ1n) is 11.4. The molecular formula is C24H38N8. The predicted octanol–water partition coefficient (Wildman–Crippen LogP) is 2.93. The second-order valence-electron chi connectivity index (χ2n) is 8.37. The van der Waals surface area contributed by atoms with Crippen LogP contribution < -0.4 is 16.4 Å². The number of nitrogen functional groups attached to an aromatic ring is 1. The van der Waals surface area contributed by atoms with Crippen LogP contribution in [0.5, 0.6) is 0 Å². The highest BCUT2D eigenvalue weighted by atomic mass is 15.3. The quantitative estimate of drug-likeness (QED) is 0.283. The third-order valence-electron chi connectivity index (χ3n) is 5.42. The van der Waals surface area contributed by atoms with Crippen molar-refractivity contribution in [2.45, 2.75) is 59.0 Å². The average Bonchev–Trinajstić information content (AvgIpc) is 3.10. The molecule has 0 amide bonds. The van der Waals surface area contributed by atoms with Crippen LogP contribution in [0.3, 0.4) is 0 Å². The van der Waals surface area contributed by atoms with Crippen molar-refractivity contribution in [2.24, 2.45) is 4.99 Å². The molecule has 0 spiro atoms. The number of benzene rings is 1. The molecule has 0 aliphatic heterocycles. The maximum atomic E-state index is 9.54. The van der Waals surface area contributed by atoms with E-state index in [4.69, 9.17) is 5.73 Å². The van der Waals surface area contributed by atoms with E-state index in [2.05, 4.69) is 59.4 Å². The largest absolute Gasteiger partial charge is 0.382 e. The second kappa shape index (κ2) is 12.7. The number of nitrogens with zero attached hydrogens (tertiary/aromatic N) is 5. The van der Waals surface area contributed by atoms with Gasteiger partial charge in [0.05, 0.1) is 11.4 Å². The van der Waals surface area contributed by atoms with E-state index in [1.807, 2.05) is 30.3 Å². The molecule has 8 nitrogen and oxygen atoms in total. The van der Waals surface area contributed by atoms with E-state index in [0.29, 0.717) is 29.9 Å². The lowest BCUT2D eigenvalue weighted by Crippen LogP contribution is -2.41. The number of aryl methyl sites for hydroxylation is 1. The Kier molecular flexibility index (Phi) is 10.0. The van der Waals surface area contributed by atoms with Crippen molar-refractivity contribution in [3.63, 3.8) is 0 Å². The third kappa shape index (κ3) is 6.99. The van der Waals surface area contributed by atoms with Crippen LogP contribution in [0.1, 0.15) is 51.8 Å². The average molecular weight is 439 g/mol. The Morgan fingerprint density at radius 2 is 1.75 bits per heavy atom. The van der Waals surface area contributed by atoms with Crippen molar-refractivity contribution in [3.8, 4) is 11.8 Å². The predicted molar refractivity (Wildman–Crippen MR) is 132 cm³/mol. The molecule has 8 heteroatoms. The van der Waals surface area contributed by atoms with E-state index in [1.165, 1.54) is 0 Å². The number of nitrogens with two attached hydrogens (primary N) is 1. The normalized spacial score (nSPS) is 11.9. The summed E-state index contributed by atoms with van der Waals surface area (Å²) in [6.45, 7) is 11.6. The van der Waals surface area contributed by atoms with E-state index >= 15 is 0 Å². The van der Waals surface area contributed by atoms with Crippen LogP contribution in [-0.2, 0) is 6.42 Å². The fourth-order valence-corrected chi connectivity index (χ4v) is 3.81. The third-order valence-corrected chi connectivity index (χ3v) is 5.42. The smallest absolute Gasteiger partial charge is 0.190 e. The molecule has 0 atom stereocenters. The summed E-state index contributed by atoms with van der Waals surface area (Å²) < 4.78 is 1.64. The molecule has 1 aromatic heterocycles. The number of guanidine groups is 1. The molecule has 0 saturated heterocycles. The zero-order chi connectivity index (χ0) is 23.5. The van der Waals surface area contributed by atoms with Crippen LogP contribution in [0.25, 0.3) is 5.69 Å². The first-order valence-corrected chi connectivity index (χ1v) is 11.4. The molecule has 0 fully saturated rings. The number of nitrogens with one attached hydrogen (secondary N) is 2. The summed E-state index contributed by atoms with van der Waals surface area (Å²) >= 11 is 0. The molecule has 174 valence electrons. The van der Waals surface area contributed by atoms with Crippen molar-refractivity contribution >= 4 is 11.8 Å². The number of para-hydroxylation sites is 1. The van der Waals surface area contributed by atoms with Gasteiger partial charge in [0, 0.05) is 38.8 Å². The summed E-state index contributed by atoms with van der Waals surface area (Å²) in [6.07, 6.45) is 2.53. The maximum Gasteiger partial charge on any atom is 0.190 e. The number of aromatic nitrogens is 2. The number of hydrogen-bond donors (Lipinski definition) is 3. The van der Waals surface area contributed by atoms with Crippen molar-refractivity contribution < 1.29 is 0 Å². The van der Waals surface area contributed by atoms with Gasteiger partial charge in [0.1, 0.15) is 17.5 Å². The van der Waals surface area contributed by atoms with Gasteiger partial charge in [-0.15, -0.1) is 0 Å². The lowest BCUT2D eigenvalue weighted by Gasteiger charge is -2.30. The van der Waals surface area contributed by atoms with Gasteiger partial charge in [0.2, 0.25) is 0 Å². The molecule has 2 aromatic rings. The minimum Gasteiger partial charge on any atom is -0.382 e. The fraction of sp³-hybridized carbons (Fsp3) is 0.542. The van der Waals surface area contributed by atoms with Crippen LogP contribution in [0, 0.1) is 11.3 Å². The molecule has 0 unspecified atom stereocenters. The Hall–Kier alpha value is -3.05. The van der Waals surface area contributed by atoms with Crippen molar-refractivity contribution in [1.29, 1.82) is 5.26 Å². The molecule has 1 heterocycles. The zero-order valence-electron chi connectivity index (χ0n) is 20.1.